The van der Waals surface area contributed by atoms with Crippen LogP contribution in [-0.4, -0.2) is 96.7 Å². The molecule has 600 valence electrons. The Kier molecular flexibility index (Phi) is 73.7. The van der Waals surface area contributed by atoms with Crippen LogP contribution >= 0.6 is 15.6 Å². The topological polar surface area (TPSA) is 237 Å². The molecule has 0 aliphatic heterocycles. The molecule has 19 heteroatoms. The second kappa shape index (κ2) is 76.9. The summed E-state index contributed by atoms with van der Waals surface area (Å²) >= 11 is 0. The van der Waals surface area contributed by atoms with Crippen molar-refractivity contribution in [3.63, 3.8) is 0 Å². The van der Waals surface area contributed by atoms with E-state index in [1.165, 1.54) is 148 Å². The Balaban J connectivity index is 5.46. The van der Waals surface area contributed by atoms with Crippen LogP contribution in [0.25, 0.3) is 0 Å². The first-order valence-electron chi connectivity index (χ1n) is 41.1. The summed E-state index contributed by atoms with van der Waals surface area (Å²) in [5.41, 5.74) is 0. The van der Waals surface area contributed by atoms with Gasteiger partial charge in [0.2, 0.25) is 0 Å². The van der Waals surface area contributed by atoms with Gasteiger partial charge < -0.3 is 33.8 Å². The van der Waals surface area contributed by atoms with Gasteiger partial charge in [0.15, 0.2) is 12.2 Å². The Bertz CT molecular complexity index is 2390. The van der Waals surface area contributed by atoms with Crippen LogP contribution in [0, 0.1) is 0 Å². The summed E-state index contributed by atoms with van der Waals surface area (Å²) in [7, 11) is -9.99. The molecule has 0 amide bonds. The SMILES string of the molecule is CCCCC/C=C\C/C=C\C/C=C\C/C=C\CCCC(=O)OC[C@H](COP(=O)(O)OC[C@H](O)COP(=O)(O)OC[C@@H](COC(=O)CCCCCCCCCCCCCCCCC)OC(=O)CCCCCCC/C=C\CCCCCCCC)OC(=O)CCC/C=C\C/C=C\C/C=C\C/C=C\CCCCC. The predicted molar refractivity (Wildman–Crippen MR) is 427 cm³/mol. The molecule has 0 aromatic carbocycles. The third-order valence-electron chi connectivity index (χ3n) is 17.2. The van der Waals surface area contributed by atoms with Crippen LogP contribution in [-0.2, 0) is 65.4 Å². The average molecular weight is 1500 g/mol. The van der Waals surface area contributed by atoms with E-state index in [-0.39, 0.29) is 25.7 Å². The molecule has 0 aliphatic carbocycles. The van der Waals surface area contributed by atoms with Gasteiger partial charge in [-0.05, 0) is 128 Å². The molecule has 0 aromatic heterocycles. The first-order valence-corrected chi connectivity index (χ1v) is 44.1. The lowest BCUT2D eigenvalue weighted by atomic mass is 10.0. The number of aliphatic hydroxyl groups excluding tert-OH is 1. The first-order chi connectivity index (χ1) is 50.7. The van der Waals surface area contributed by atoms with Gasteiger partial charge in [-0.2, -0.15) is 0 Å². The first kappa shape index (κ1) is 99.7. The number of esters is 4. The Hall–Kier alpha value is -4.28. The second-order valence-electron chi connectivity index (χ2n) is 27.4. The lowest BCUT2D eigenvalue weighted by molar-refractivity contribution is -0.161. The Labute approximate surface area is 632 Å². The molecule has 17 nitrogen and oxygen atoms in total. The zero-order valence-electron chi connectivity index (χ0n) is 65.7. The molecule has 0 aliphatic rings. The van der Waals surface area contributed by atoms with E-state index in [0.717, 1.165) is 109 Å². The van der Waals surface area contributed by atoms with Gasteiger partial charge in [-0.1, -0.05) is 304 Å². The van der Waals surface area contributed by atoms with E-state index in [1.807, 2.05) is 24.3 Å². The molecule has 0 fully saturated rings. The largest absolute Gasteiger partial charge is 0.472 e. The van der Waals surface area contributed by atoms with Crippen molar-refractivity contribution in [3.05, 3.63) is 109 Å². The number of hydrogen-bond donors (Lipinski definition) is 3. The van der Waals surface area contributed by atoms with Gasteiger partial charge in [-0.15, -0.1) is 0 Å². The van der Waals surface area contributed by atoms with Gasteiger partial charge in [0.05, 0.1) is 26.4 Å². The van der Waals surface area contributed by atoms with E-state index in [1.54, 1.807) is 0 Å². The molecule has 0 saturated heterocycles. The molecule has 0 heterocycles. The molecule has 0 spiro atoms. The minimum atomic E-state index is -5.00. The van der Waals surface area contributed by atoms with Crippen molar-refractivity contribution in [3.8, 4) is 0 Å². The highest BCUT2D eigenvalue weighted by Crippen LogP contribution is 2.45. The molecule has 0 saturated carbocycles. The molecule has 0 radical (unpaired) electrons. The molecule has 5 atom stereocenters. The molecule has 0 bridgehead atoms. The number of unbranched alkanes of at least 4 members (excludes halogenated alkanes) is 33. The summed E-state index contributed by atoms with van der Waals surface area (Å²) in [5, 5.41) is 10.6. The number of phosphoric acid groups is 2. The van der Waals surface area contributed by atoms with Crippen LogP contribution in [0.4, 0.5) is 0 Å². The van der Waals surface area contributed by atoms with Gasteiger partial charge >= 0.3 is 39.5 Å². The number of carbonyl (C=O) groups is 4. The lowest BCUT2D eigenvalue weighted by Crippen LogP contribution is -2.30. The van der Waals surface area contributed by atoms with Crippen LogP contribution in [0.5, 0.6) is 0 Å². The van der Waals surface area contributed by atoms with E-state index >= 15 is 0 Å². The average Bonchev–Trinajstić information content (AvgIpc) is 0.926. The zero-order chi connectivity index (χ0) is 76.0. The highest BCUT2D eigenvalue weighted by atomic mass is 31.2. The number of hydrogen-bond acceptors (Lipinski definition) is 15. The molecule has 3 N–H and O–H groups in total. The zero-order valence-corrected chi connectivity index (χ0v) is 67.5. The highest BCUT2D eigenvalue weighted by Gasteiger charge is 2.30. The summed E-state index contributed by atoms with van der Waals surface area (Å²) in [6, 6.07) is 0. The van der Waals surface area contributed by atoms with Gasteiger partial charge in [0.1, 0.15) is 19.3 Å². The number of allylic oxidation sites excluding steroid dienone is 18. The Morgan fingerprint density at radius 3 is 0.798 bits per heavy atom. The third kappa shape index (κ3) is 75.9. The summed E-state index contributed by atoms with van der Waals surface area (Å²) in [5.74, 6) is -2.30. The molecule has 104 heavy (non-hydrogen) atoms. The monoisotopic (exact) mass is 1500 g/mol. The standard InChI is InChI=1S/C85H148O17P2/c1-5-9-13-17-21-25-29-33-37-39-43-46-50-54-58-62-66-70-83(88)96-76-81(102-85(90)72-68-64-60-56-52-48-44-40-38-34-30-26-22-18-14-10-6-2)78-100-104(93,94)98-74-79(86)73-97-103(91,92)99-77-80(101-84(89)71-67-63-59-55-51-47-42-36-32-28-24-20-16-12-8-4)75-95-82(87)69-65-61-57-53-49-45-41-35-31-27-23-19-15-11-7-3/h21-22,25-26,33-34,36-38,42-44,46,48,54,56,58,60,79-81,86H,5-20,23-24,27-32,35,39-41,45,47,49-53,55,57,59,61-78H2,1-4H3,(H,91,92)(H,93,94)/b25-21-,26-22-,37-33-,38-34-,42-36-,46-43-,48-44-,58-54-,60-56-/t79-,80-,81-/m1/s1. The van der Waals surface area contributed by atoms with Crippen molar-refractivity contribution in [2.24, 2.45) is 0 Å². The predicted octanol–water partition coefficient (Wildman–Crippen LogP) is 24.1. The Morgan fingerprint density at radius 1 is 0.269 bits per heavy atom. The minimum absolute atomic E-state index is 0.00642. The lowest BCUT2D eigenvalue weighted by Gasteiger charge is -2.21. The summed E-state index contributed by atoms with van der Waals surface area (Å²) < 4.78 is 68.6. The maximum Gasteiger partial charge on any atom is 0.472 e. The van der Waals surface area contributed by atoms with E-state index < -0.39 is 97.5 Å². The highest BCUT2D eigenvalue weighted by molar-refractivity contribution is 7.47. The smallest absolute Gasteiger partial charge is 0.462 e. The fourth-order valence-corrected chi connectivity index (χ4v) is 12.5. The van der Waals surface area contributed by atoms with Crippen LogP contribution < -0.4 is 0 Å². The normalized spacial score (nSPS) is 14.4. The molecular formula is C85H148O17P2. The van der Waals surface area contributed by atoms with Crippen LogP contribution in [0.3, 0.4) is 0 Å². The number of carbonyl (C=O) groups excluding carboxylic acids is 4. The van der Waals surface area contributed by atoms with E-state index in [0.29, 0.717) is 38.5 Å². The maximum atomic E-state index is 13.1. The maximum absolute atomic E-state index is 13.1. The van der Waals surface area contributed by atoms with Crippen LogP contribution in [0.15, 0.2) is 109 Å². The van der Waals surface area contributed by atoms with Crippen molar-refractivity contribution in [1.29, 1.82) is 0 Å². The summed E-state index contributed by atoms with van der Waals surface area (Å²) in [6.45, 7) is 4.73. The fraction of sp³-hybridized carbons (Fsp3) is 0.741. The van der Waals surface area contributed by atoms with E-state index in [2.05, 4.69) is 113 Å². The van der Waals surface area contributed by atoms with Crippen molar-refractivity contribution in [2.45, 2.75) is 367 Å². The quantitative estimate of drug-likeness (QED) is 0.0169. The van der Waals surface area contributed by atoms with Gasteiger partial charge in [-0.25, -0.2) is 9.13 Å². The van der Waals surface area contributed by atoms with Gasteiger partial charge in [-0.3, -0.25) is 37.3 Å². The fourth-order valence-electron chi connectivity index (χ4n) is 10.9. The molecule has 0 rings (SSSR count). The molecular weight excluding hydrogens is 1350 g/mol. The van der Waals surface area contributed by atoms with Crippen molar-refractivity contribution in [2.75, 3.05) is 39.6 Å². The van der Waals surface area contributed by atoms with E-state index in [9.17, 15) is 43.2 Å². The van der Waals surface area contributed by atoms with Crippen molar-refractivity contribution in [1.82, 2.24) is 0 Å². The van der Waals surface area contributed by atoms with Crippen LogP contribution in [0.1, 0.15) is 349 Å². The number of phosphoric ester groups is 2. The van der Waals surface area contributed by atoms with Crippen molar-refractivity contribution >= 4 is 39.5 Å². The summed E-state index contributed by atoms with van der Waals surface area (Å²) in [4.78, 5) is 73.0. The van der Waals surface area contributed by atoms with Crippen LogP contribution in [0.2, 0.25) is 0 Å². The Morgan fingerprint density at radius 2 is 0.481 bits per heavy atom. The number of aliphatic hydroxyl groups is 1. The third-order valence-corrected chi connectivity index (χ3v) is 19.1. The van der Waals surface area contributed by atoms with Gasteiger partial charge in [0.25, 0.3) is 0 Å². The van der Waals surface area contributed by atoms with Crippen molar-refractivity contribution < 1.29 is 80.2 Å². The van der Waals surface area contributed by atoms with Gasteiger partial charge in [0, 0.05) is 25.7 Å². The second-order valence-corrected chi connectivity index (χ2v) is 30.3. The molecule has 2 unspecified atom stereocenters. The molecule has 0 aromatic rings. The minimum Gasteiger partial charge on any atom is -0.462 e. The number of ether oxygens (including phenoxy) is 4. The number of rotatable bonds is 77. The van der Waals surface area contributed by atoms with E-state index in [4.69, 9.17) is 37.0 Å². The summed E-state index contributed by atoms with van der Waals surface area (Å²) in [6.07, 6.45) is 83.6.